The molecule has 1 aliphatic rings. The first-order valence-corrected chi connectivity index (χ1v) is 5.67. The lowest BCUT2D eigenvalue weighted by Gasteiger charge is -2.07. The number of halogens is 1. The highest BCUT2D eigenvalue weighted by Gasteiger charge is 2.15. The number of hydrogen-bond donors (Lipinski definition) is 1. The van der Waals surface area contributed by atoms with Gasteiger partial charge in [0.05, 0.1) is 11.4 Å². The molecule has 4 heteroatoms. The van der Waals surface area contributed by atoms with Gasteiger partial charge in [0.25, 0.3) is 0 Å². The summed E-state index contributed by atoms with van der Waals surface area (Å²) in [5.41, 5.74) is 4.54. The molecular weight excluding hydrogens is 222 g/mol. The van der Waals surface area contributed by atoms with Gasteiger partial charge in [-0.05, 0) is 24.6 Å². The molecule has 0 unspecified atom stereocenters. The molecule has 2 aromatic rings. The summed E-state index contributed by atoms with van der Waals surface area (Å²) in [5, 5.41) is 8.61. The van der Waals surface area contributed by atoms with E-state index >= 15 is 0 Å². The summed E-state index contributed by atoms with van der Waals surface area (Å²) >= 11 is 6.10. The third-order valence-electron chi connectivity index (χ3n) is 2.97. The van der Waals surface area contributed by atoms with Gasteiger partial charge < -0.3 is 5.32 Å². The average molecular weight is 234 g/mol. The molecule has 0 amide bonds. The summed E-state index contributed by atoms with van der Waals surface area (Å²) in [6.45, 7) is 3.79. The molecule has 0 saturated carbocycles. The third kappa shape index (κ3) is 1.44. The van der Waals surface area contributed by atoms with Crippen LogP contribution in [0.1, 0.15) is 16.8 Å². The molecule has 0 spiro atoms. The largest absolute Gasteiger partial charge is 0.307 e. The van der Waals surface area contributed by atoms with Crippen molar-refractivity contribution in [3.8, 4) is 5.69 Å². The minimum atomic E-state index is 0.784. The summed E-state index contributed by atoms with van der Waals surface area (Å²) in [6, 6.07) is 5.89. The lowest BCUT2D eigenvalue weighted by molar-refractivity contribution is 0.720. The van der Waals surface area contributed by atoms with Crippen LogP contribution in [-0.4, -0.2) is 9.78 Å². The molecule has 82 valence electrons. The van der Waals surface area contributed by atoms with Crippen LogP contribution in [0.4, 0.5) is 0 Å². The number of benzene rings is 1. The molecule has 2 heterocycles. The van der Waals surface area contributed by atoms with E-state index in [0.717, 1.165) is 35.1 Å². The highest BCUT2D eigenvalue weighted by Crippen LogP contribution is 2.23. The molecule has 3 rings (SSSR count). The Hall–Kier alpha value is -1.32. The van der Waals surface area contributed by atoms with Crippen LogP contribution in [0.3, 0.4) is 0 Å². The van der Waals surface area contributed by atoms with E-state index in [1.807, 2.05) is 29.8 Å². The van der Waals surface area contributed by atoms with Crippen molar-refractivity contribution in [1.29, 1.82) is 0 Å². The van der Waals surface area contributed by atoms with Crippen molar-refractivity contribution in [3.63, 3.8) is 0 Å². The number of hydrogen-bond acceptors (Lipinski definition) is 2. The Morgan fingerprint density at radius 2 is 2.25 bits per heavy atom. The van der Waals surface area contributed by atoms with Gasteiger partial charge in [0, 0.05) is 29.9 Å². The SMILES string of the molecule is Cc1c(Cl)cccc1-n1cc2c(n1)CNC2. The van der Waals surface area contributed by atoms with Gasteiger partial charge in [-0.1, -0.05) is 17.7 Å². The van der Waals surface area contributed by atoms with Gasteiger partial charge in [0.15, 0.2) is 0 Å². The van der Waals surface area contributed by atoms with Gasteiger partial charge >= 0.3 is 0 Å². The Labute approximate surface area is 99.0 Å². The highest BCUT2D eigenvalue weighted by atomic mass is 35.5. The van der Waals surface area contributed by atoms with Crippen molar-refractivity contribution in [2.75, 3.05) is 0 Å². The Balaban J connectivity index is 2.12. The normalized spacial score (nSPS) is 14.1. The summed E-state index contributed by atoms with van der Waals surface area (Å²) in [4.78, 5) is 0. The number of aromatic nitrogens is 2. The van der Waals surface area contributed by atoms with Crippen molar-refractivity contribution in [2.24, 2.45) is 0 Å². The minimum Gasteiger partial charge on any atom is -0.307 e. The monoisotopic (exact) mass is 233 g/mol. The van der Waals surface area contributed by atoms with Crippen molar-refractivity contribution in [2.45, 2.75) is 20.0 Å². The van der Waals surface area contributed by atoms with Crippen molar-refractivity contribution < 1.29 is 0 Å². The zero-order chi connectivity index (χ0) is 11.1. The van der Waals surface area contributed by atoms with Crippen LogP contribution in [0.15, 0.2) is 24.4 Å². The first kappa shape index (κ1) is 9.87. The van der Waals surface area contributed by atoms with Gasteiger partial charge in [-0.3, -0.25) is 0 Å². The van der Waals surface area contributed by atoms with Gasteiger partial charge in [0.2, 0.25) is 0 Å². The van der Waals surface area contributed by atoms with E-state index in [1.54, 1.807) is 0 Å². The quantitative estimate of drug-likeness (QED) is 0.820. The maximum absolute atomic E-state index is 6.10. The predicted octanol–water partition coefficient (Wildman–Crippen LogP) is 2.44. The zero-order valence-electron chi connectivity index (χ0n) is 9.00. The smallest absolute Gasteiger partial charge is 0.0811 e. The van der Waals surface area contributed by atoms with Gasteiger partial charge in [-0.2, -0.15) is 5.10 Å². The standard InChI is InChI=1S/C12H12ClN3/c1-8-10(13)3-2-4-12(8)16-7-9-5-14-6-11(9)15-16/h2-4,7,14H,5-6H2,1H3. The topological polar surface area (TPSA) is 29.9 Å². The van der Waals surface area contributed by atoms with E-state index in [9.17, 15) is 0 Å². The Morgan fingerprint density at radius 1 is 1.38 bits per heavy atom. The van der Waals surface area contributed by atoms with E-state index in [2.05, 4.69) is 16.6 Å². The van der Waals surface area contributed by atoms with Crippen molar-refractivity contribution >= 4 is 11.6 Å². The molecular formula is C12H12ClN3. The first-order chi connectivity index (χ1) is 7.75. The molecule has 1 aromatic carbocycles. The summed E-state index contributed by atoms with van der Waals surface area (Å²) in [7, 11) is 0. The van der Waals surface area contributed by atoms with Crippen LogP contribution in [0.25, 0.3) is 5.69 Å². The second kappa shape index (κ2) is 3.61. The fourth-order valence-electron chi connectivity index (χ4n) is 2.03. The molecule has 1 aromatic heterocycles. The van der Waals surface area contributed by atoms with Crippen molar-refractivity contribution in [1.82, 2.24) is 15.1 Å². The number of nitrogens with zero attached hydrogens (tertiary/aromatic N) is 2. The second-order valence-corrected chi connectivity index (χ2v) is 4.44. The second-order valence-electron chi connectivity index (χ2n) is 4.03. The predicted molar refractivity (Wildman–Crippen MR) is 63.9 cm³/mol. The fraction of sp³-hybridized carbons (Fsp3) is 0.250. The number of rotatable bonds is 1. The zero-order valence-corrected chi connectivity index (χ0v) is 9.75. The lowest BCUT2D eigenvalue weighted by Crippen LogP contribution is -2.05. The highest BCUT2D eigenvalue weighted by molar-refractivity contribution is 6.31. The van der Waals surface area contributed by atoms with Gasteiger partial charge in [-0.15, -0.1) is 0 Å². The van der Waals surface area contributed by atoms with Crippen LogP contribution in [0, 0.1) is 6.92 Å². The van der Waals surface area contributed by atoms with Crippen LogP contribution >= 0.6 is 11.6 Å². The van der Waals surface area contributed by atoms with E-state index in [4.69, 9.17) is 11.6 Å². The molecule has 0 fully saturated rings. The lowest BCUT2D eigenvalue weighted by atomic mass is 10.2. The molecule has 0 saturated heterocycles. The molecule has 0 atom stereocenters. The van der Waals surface area contributed by atoms with Crippen LogP contribution in [-0.2, 0) is 13.1 Å². The fourth-order valence-corrected chi connectivity index (χ4v) is 2.19. The molecule has 3 nitrogen and oxygen atoms in total. The Kier molecular flexibility index (Phi) is 2.23. The van der Waals surface area contributed by atoms with Crippen molar-refractivity contribution in [3.05, 3.63) is 46.2 Å². The summed E-state index contributed by atoms with van der Waals surface area (Å²) in [6.07, 6.45) is 2.08. The Bertz CT molecular complexity index is 524. The number of nitrogens with one attached hydrogen (secondary N) is 1. The van der Waals surface area contributed by atoms with Gasteiger partial charge in [-0.25, -0.2) is 4.68 Å². The van der Waals surface area contributed by atoms with Crippen LogP contribution in [0.5, 0.6) is 0 Å². The van der Waals surface area contributed by atoms with E-state index in [0.29, 0.717) is 0 Å². The molecule has 0 aliphatic carbocycles. The first-order valence-electron chi connectivity index (χ1n) is 5.29. The average Bonchev–Trinajstić information content (AvgIpc) is 2.81. The maximum atomic E-state index is 6.10. The van der Waals surface area contributed by atoms with E-state index in [-0.39, 0.29) is 0 Å². The maximum Gasteiger partial charge on any atom is 0.0811 e. The molecule has 0 radical (unpaired) electrons. The molecule has 0 bridgehead atoms. The summed E-state index contributed by atoms with van der Waals surface area (Å²) in [5.74, 6) is 0. The van der Waals surface area contributed by atoms with E-state index < -0.39 is 0 Å². The summed E-state index contributed by atoms with van der Waals surface area (Å²) < 4.78 is 1.92. The van der Waals surface area contributed by atoms with Crippen LogP contribution in [0.2, 0.25) is 5.02 Å². The molecule has 16 heavy (non-hydrogen) atoms. The van der Waals surface area contributed by atoms with E-state index in [1.165, 1.54) is 5.56 Å². The van der Waals surface area contributed by atoms with Gasteiger partial charge in [0.1, 0.15) is 0 Å². The molecule has 1 aliphatic heterocycles. The number of fused-ring (bicyclic) bond motifs is 1. The molecule has 1 N–H and O–H groups in total. The third-order valence-corrected chi connectivity index (χ3v) is 3.38. The van der Waals surface area contributed by atoms with Crippen LogP contribution < -0.4 is 5.32 Å². The Morgan fingerprint density at radius 3 is 3.06 bits per heavy atom. The minimum absolute atomic E-state index is 0.784.